The highest BCUT2D eigenvalue weighted by Gasteiger charge is 2.48. The highest BCUT2D eigenvalue weighted by molar-refractivity contribution is 5.97. The van der Waals surface area contributed by atoms with Gasteiger partial charge in [0, 0.05) is 31.7 Å². The van der Waals surface area contributed by atoms with Gasteiger partial charge in [-0.15, -0.1) is 0 Å². The number of aliphatic carboxylic acids is 1. The number of amides is 1. The van der Waals surface area contributed by atoms with E-state index in [0.717, 1.165) is 73.4 Å². The Bertz CT molecular complexity index is 1140. The van der Waals surface area contributed by atoms with Gasteiger partial charge in [0.1, 0.15) is 5.41 Å². The number of carbonyl (C=O) groups is 2. The minimum absolute atomic E-state index is 0.0993. The number of unbranched alkanes of at least 4 members (excludes halogenated alkanes) is 1. The van der Waals surface area contributed by atoms with Crippen LogP contribution in [-0.4, -0.2) is 59.5 Å². The fourth-order valence-corrected chi connectivity index (χ4v) is 5.60. The molecule has 1 heterocycles. The van der Waals surface area contributed by atoms with E-state index in [1.54, 1.807) is 0 Å². The first-order valence-corrected chi connectivity index (χ1v) is 12.1. The van der Waals surface area contributed by atoms with E-state index in [2.05, 4.69) is 4.90 Å². The van der Waals surface area contributed by atoms with Crippen LogP contribution in [0.5, 0.6) is 0 Å². The molecule has 0 unspecified atom stereocenters. The van der Waals surface area contributed by atoms with Gasteiger partial charge >= 0.3 is 5.97 Å². The number of benzene rings is 3. The van der Waals surface area contributed by atoms with Crippen LogP contribution in [0.4, 0.5) is 0 Å². The molecule has 5 nitrogen and oxygen atoms in total. The lowest BCUT2D eigenvalue weighted by Gasteiger charge is -2.35. The minimum Gasteiger partial charge on any atom is -0.480 e. The summed E-state index contributed by atoms with van der Waals surface area (Å²) >= 11 is 0. The van der Waals surface area contributed by atoms with Crippen molar-refractivity contribution in [3.63, 3.8) is 0 Å². The predicted octanol–water partition coefficient (Wildman–Crippen LogP) is 4.67. The van der Waals surface area contributed by atoms with Crippen molar-refractivity contribution in [3.05, 3.63) is 95.6 Å². The quantitative estimate of drug-likeness (QED) is 0.527. The second-order valence-corrected chi connectivity index (χ2v) is 9.26. The maximum Gasteiger partial charge on any atom is 0.318 e. The van der Waals surface area contributed by atoms with Crippen LogP contribution in [0.25, 0.3) is 11.1 Å². The molecule has 1 aliphatic heterocycles. The number of nitrogens with zero attached hydrogens (tertiary/aromatic N) is 2. The Morgan fingerprint density at radius 1 is 0.735 bits per heavy atom. The van der Waals surface area contributed by atoms with Crippen molar-refractivity contribution in [3.8, 4) is 11.1 Å². The zero-order chi connectivity index (χ0) is 23.5. The van der Waals surface area contributed by atoms with Crippen molar-refractivity contribution in [2.24, 2.45) is 0 Å². The number of hydrogen-bond acceptors (Lipinski definition) is 3. The molecule has 0 spiro atoms. The molecule has 1 saturated heterocycles. The van der Waals surface area contributed by atoms with Crippen LogP contribution in [0, 0.1) is 0 Å². The largest absolute Gasteiger partial charge is 0.480 e. The van der Waals surface area contributed by atoms with Crippen molar-refractivity contribution in [2.75, 3.05) is 32.7 Å². The van der Waals surface area contributed by atoms with Gasteiger partial charge in [0.15, 0.2) is 0 Å². The molecular weight excluding hydrogens is 424 g/mol. The maximum absolute atomic E-state index is 12.7. The number of fused-ring (bicyclic) bond motifs is 3. The van der Waals surface area contributed by atoms with E-state index in [0.29, 0.717) is 6.42 Å². The third kappa shape index (κ3) is 3.90. The number of piperazine rings is 1. The average Bonchev–Trinajstić information content (AvgIpc) is 3.18. The summed E-state index contributed by atoms with van der Waals surface area (Å²) in [5, 5.41) is 10.4. The van der Waals surface area contributed by atoms with Gasteiger partial charge in [-0.25, -0.2) is 0 Å². The summed E-state index contributed by atoms with van der Waals surface area (Å²) in [6.45, 7) is 4.09. The van der Waals surface area contributed by atoms with Crippen LogP contribution in [0.15, 0.2) is 78.9 Å². The van der Waals surface area contributed by atoms with Crippen molar-refractivity contribution < 1.29 is 14.7 Å². The van der Waals surface area contributed by atoms with Crippen LogP contribution < -0.4 is 0 Å². The van der Waals surface area contributed by atoms with Gasteiger partial charge in [-0.3, -0.25) is 14.5 Å². The van der Waals surface area contributed by atoms with Crippen LogP contribution >= 0.6 is 0 Å². The summed E-state index contributed by atoms with van der Waals surface area (Å²) in [5.74, 6) is -0.667. The lowest BCUT2D eigenvalue weighted by atomic mass is 9.74. The van der Waals surface area contributed by atoms with Crippen molar-refractivity contribution in [2.45, 2.75) is 24.7 Å². The van der Waals surface area contributed by atoms with Crippen LogP contribution in [0.2, 0.25) is 0 Å². The van der Waals surface area contributed by atoms with Crippen LogP contribution in [-0.2, 0) is 10.2 Å². The molecule has 174 valence electrons. The summed E-state index contributed by atoms with van der Waals surface area (Å²) in [7, 11) is 0. The summed E-state index contributed by atoms with van der Waals surface area (Å²) in [6, 6.07) is 25.3. The Kier molecular flexibility index (Phi) is 6.20. The molecule has 5 rings (SSSR count). The van der Waals surface area contributed by atoms with Gasteiger partial charge < -0.3 is 10.0 Å². The fraction of sp³-hybridized carbons (Fsp3) is 0.310. The normalized spacial score (nSPS) is 16.6. The number of carboxylic acids is 1. The molecular formula is C29H30N2O3. The topological polar surface area (TPSA) is 60.9 Å². The van der Waals surface area contributed by atoms with Crippen LogP contribution in [0.3, 0.4) is 0 Å². The van der Waals surface area contributed by atoms with Crippen molar-refractivity contribution >= 4 is 11.9 Å². The highest BCUT2D eigenvalue weighted by Crippen LogP contribution is 2.51. The molecule has 5 heteroatoms. The molecule has 0 atom stereocenters. The third-order valence-electron chi connectivity index (χ3n) is 7.39. The molecule has 0 saturated carbocycles. The average molecular weight is 455 g/mol. The first-order chi connectivity index (χ1) is 16.6. The molecule has 1 amide bonds. The number of hydrogen-bond donors (Lipinski definition) is 1. The first kappa shape index (κ1) is 22.4. The molecule has 3 aromatic rings. The summed E-state index contributed by atoms with van der Waals surface area (Å²) in [5.41, 5.74) is 3.67. The summed E-state index contributed by atoms with van der Waals surface area (Å²) < 4.78 is 0. The second kappa shape index (κ2) is 9.43. The number of carbonyl (C=O) groups excluding carboxylic acids is 1. The van der Waals surface area contributed by atoms with Gasteiger partial charge in [-0.05, 0) is 53.8 Å². The second-order valence-electron chi connectivity index (χ2n) is 9.26. The standard InChI is InChI=1S/C29H30N2O3/c32-27(22-10-2-1-3-11-22)31-20-18-30(19-21-31)17-9-8-16-29(28(33)34)25-14-6-4-12-23(25)24-13-5-7-15-26(24)29/h1-7,10-15H,8-9,16-21H2,(H,33,34). The molecule has 3 aromatic carbocycles. The number of rotatable bonds is 7. The van der Waals surface area contributed by atoms with Crippen molar-refractivity contribution in [1.29, 1.82) is 0 Å². The molecule has 34 heavy (non-hydrogen) atoms. The van der Waals surface area contributed by atoms with Gasteiger partial charge in [0.05, 0.1) is 0 Å². The van der Waals surface area contributed by atoms with E-state index in [1.807, 2.05) is 83.8 Å². The summed E-state index contributed by atoms with van der Waals surface area (Å²) in [4.78, 5) is 29.7. The van der Waals surface area contributed by atoms with Gasteiger partial charge in [0.2, 0.25) is 0 Å². The first-order valence-electron chi connectivity index (χ1n) is 12.1. The zero-order valence-electron chi connectivity index (χ0n) is 19.3. The van der Waals surface area contributed by atoms with E-state index in [1.165, 1.54) is 0 Å². The fourth-order valence-electron chi connectivity index (χ4n) is 5.60. The lowest BCUT2D eigenvalue weighted by Crippen LogP contribution is -2.48. The third-order valence-corrected chi connectivity index (χ3v) is 7.39. The molecule has 0 radical (unpaired) electrons. The molecule has 0 bridgehead atoms. The van der Waals surface area contributed by atoms with Crippen LogP contribution in [0.1, 0.15) is 40.7 Å². The number of carboxylic acid groups (broad SMARTS) is 1. The Morgan fingerprint density at radius 3 is 1.88 bits per heavy atom. The van der Waals surface area contributed by atoms with Crippen molar-refractivity contribution in [1.82, 2.24) is 9.80 Å². The molecule has 1 N–H and O–H groups in total. The monoisotopic (exact) mass is 454 g/mol. The predicted molar refractivity (Wildman–Crippen MR) is 133 cm³/mol. The smallest absolute Gasteiger partial charge is 0.318 e. The SMILES string of the molecule is O=C(c1ccccc1)N1CCN(CCCCC2(C(=O)O)c3ccccc3-c3ccccc32)CC1. The van der Waals surface area contributed by atoms with E-state index >= 15 is 0 Å². The molecule has 0 aromatic heterocycles. The Balaban J connectivity index is 1.19. The Morgan fingerprint density at radius 2 is 1.29 bits per heavy atom. The molecule has 1 fully saturated rings. The Hall–Kier alpha value is -3.44. The lowest BCUT2D eigenvalue weighted by molar-refractivity contribution is -0.142. The van der Waals surface area contributed by atoms with E-state index < -0.39 is 11.4 Å². The molecule has 1 aliphatic carbocycles. The Labute approximate surface area is 200 Å². The molecule has 2 aliphatic rings. The zero-order valence-corrected chi connectivity index (χ0v) is 19.3. The van der Waals surface area contributed by atoms with E-state index in [9.17, 15) is 14.7 Å². The van der Waals surface area contributed by atoms with Gasteiger partial charge in [-0.1, -0.05) is 73.2 Å². The van der Waals surface area contributed by atoms with Gasteiger partial charge in [0.25, 0.3) is 5.91 Å². The van der Waals surface area contributed by atoms with E-state index in [4.69, 9.17) is 0 Å². The maximum atomic E-state index is 12.7. The summed E-state index contributed by atoms with van der Waals surface area (Å²) in [6.07, 6.45) is 2.35. The van der Waals surface area contributed by atoms with E-state index in [-0.39, 0.29) is 5.91 Å². The van der Waals surface area contributed by atoms with Gasteiger partial charge in [-0.2, -0.15) is 0 Å². The minimum atomic E-state index is -0.978. The highest BCUT2D eigenvalue weighted by atomic mass is 16.4.